The van der Waals surface area contributed by atoms with Crippen molar-refractivity contribution in [2.75, 3.05) is 25.1 Å². The van der Waals surface area contributed by atoms with Gasteiger partial charge < -0.3 is 19.4 Å². The largest absolute Gasteiger partial charge is 0.493 e. The van der Waals surface area contributed by atoms with Crippen LogP contribution < -0.4 is 10.1 Å². The summed E-state index contributed by atoms with van der Waals surface area (Å²) in [6.45, 7) is 2.69. The van der Waals surface area contributed by atoms with Crippen LogP contribution in [0.5, 0.6) is 5.75 Å². The standard InChI is InChI=1S/C25H24N6O3/c32-25-20-12-17(18-13-27-31(14-18)19-15-33-16-19)6-7-22(20)34-11-2-1-9-30-10-8-26-24(30)21-4-3-5-23(28-21)29-25/h3-8,10,12-14,19H,1-2,9,11,15-16H2,(H,28,29,32). The highest BCUT2D eigenvalue weighted by Gasteiger charge is 2.22. The molecule has 2 aliphatic heterocycles. The minimum absolute atomic E-state index is 0.270. The number of aryl methyl sites for hydroxylation is 1. The van der Waals surface area contributed by atoms with Crippen LogP contribution in [-0.2, 0) is 11.3 Å². The normalized spacial score (nSPS) is 16.4. The Hall–Kier alpha value is -3.98. The number of benzene rings is 1. The average molecular weight is 457 g/mol. The van der Waals surface area contributed by atoms with Gasteiger partial charge in [0.1, 0.15) is 17.3 Å². The Morgan fingerprint density at radius 2 is 2.03 bits per heavy atom. The summed E-state index contributed by atoms with van der Waals surface area (Å²) in [5.41, 5.74) is 3.02. The number of carbonyl (C=O) groups excluding carboxylic acids is 1. The van der Waals surface area contributed by atoms with Gasteiger partial charge in [0.15, 0.2) is 5.82 Å². The summed E-state index contributed by atoms with van der Waals surface area (Å²) in [5, 5.41) is 7.40. The van der Waals surface area contributed by atoms with Crippen LogP contribution in [0.2, 0.25) is 0 Å². The smallest absolute Gasteiger partial charge is 0.260 e. The van der Waals surface area contributed by atoms with Crippen LogP contribution in [0.3, 0.4) is 0 Å². The molecule has 0 radical (unpaired) electrons. The molecule has 4 aromatic rings. The Balaban J connectivity index is 1.34. The minimum Gasteiger partial charge on any atom is -0.493 e. The predicted molar refractivity (Wildman–Crippen MR) is 126 cm³/mol. The maximum Gasteiger partial charge on any atom is 0.260 e. The number of nitrogens with one attached hydrogen (secondary N) is 1. The van der Waals surface area contributed by atoms with E-state index in [9.17, 15) is 4.79 Å². The highest BCUT2D eigenvalue weighted by molar-refractivity contribution is 6.06. The maximum atomic E-state index is 13.3. The molecule has 2 aliphatic rings. The van der Waals surface area contributed by atoms with E-state index < -0.39 is 0 Å². The second kappa shape index (κ2) is 8.75. The third-order valence-electron chi connectivity index (χ3n) is 6.14. The Bertz CT molecular complexity index is 1340. The van der Waals surface area contributed by atoms with E-state index in [2.05, 4.69) is 25.0 Å². The lowest BCUT2D eigenvalue weighted by atomic mass is 10.0. The van der Waals surface area contributed by atoms with Crippen molar-refractivity contribution in [1.82, 2.24) is 24.3 Å². The van der Waals surface area contributed by atoms with Crippen LogP contribution in [0.1, 0.15) is 29.2 Å². The van der Waals surface area contributed by atoms with Crippen molar-refractivity contribution in [1.29, 1.82) is 0 Å². The lowest BCUT2D eigenvalue weighted by molar-refractivity contribution is -0.0286. The molecule has 1 saturated heterocycles. The summed E-state index contributed by atoms with van der Waals surface area (Å²) >= 11 is 0. The molecule has 0 saturated carbocycles. The van der Waals surface area contributed by atoms with Gasteiger partial charge in [0.2, 0.25) is 0 Å². The third kappa shape index (κ3) is 3.94. The van der Waals surface area contributed by atoms with Gasteiger partial charge in [-0.25, -0.2) is 9.97 Å². The van der Waals surface area contributed by atoms with Gasteiger partial charge in [-0.1, -0.05) is 12.1 Å². The Morgan fingerprint density at radius 3 is 2.91 bits per heavy atom. The van der Waals surface area contributed by atoms with E-state index in [0.29, 0.717) is 37.0 Å². The highest BCUT2D eigenvalue weighted by Crippen LogP contribution is 2.29. The van der Waals surface area contributed by atoms with Crippen LogP contribution >= 0.6 is 0 Å². The molecule has 1 aromatic carbocycles. The first-order chi connectivity index (χ1) is 16.7. The fourth-order valence-corrected chi connectivity index (χ4v) is 4.18. The Kier molecular flexibility index (Phi) is 5.31. The number of hydrogen-bond acceptors (Lipinski definition) is 6. The van der Waals surface area contributed by atoms with E-state index >= 15 is 0 Å². The van der Waals surface area contributed by atoms with Gasteiger partial charge in [-0.05, 0) is 42.7 Å². The molecule has 0 atom stereocenters. The van der Waals surface area contributed by atoms with E-state index in [0.717, 1.165) is 42.0 Å². The number of hydrogen-bond donors (Lipinski definition) is 1. The summed E-state index contributed by atoms with van der Waals surface area (Å²) in [7, 11) is 0. The SMILES string of the molecule is O=C1Nc2cccc(n2)-c2nccn2CCCCOc2ccc(-c3cnn(C4COC4)c3)cc21. The van der Waals surface area contributed by atoms with E-state index in [4.69, 9.17) is 9.47 Å². The number of amides is 1. The van der Waals surface area contributed by atoms with Gasteiger partial charge in [0.05, 0.1) is 37.6 Å². The molecule has 0 aliphatic carbocycles. The predicted octanol–water partition coefficient (Wildman–Crippen LogP) is 3.80. The number of fused-ring (bicyclic) bond motifs is 5. The summed E-state index contributed by atoms with van der Waals surface area (Å²) in [4.78, 5) is 22.4. The second-order valence-electron chi connectivity index (χ2n) is 8.47. The first-order valence-corrected chi connectivity index (χ1v) is 11.4. The van der Waals surface area contributed by atoms with Crippen molar-refractivity contribution in [3.8, 4) is 28.4 Å². The van der Waals surface area contributed by atoms with Crippen molar-refractivity contribution >= 4 is 11.7 Å². The molecule has 0 spiro atoms. The van der Waals surface area contributed by atoms with Crippen LogP contribution in [0, 0.1) is 0 Å². The summed E-state index contributed by atoms with van der Waals surface area (Å²) in [6, 6.07) is 11.5. The molecule has 3 aromatic heterocycles. The van der Waals surface area contributed by atoms with E-state index in [-0.39, 0.29) is 11.9 Å². The van der Waals surface area contributed by atoms with Crippen molar-refractivity contribution in [3.63, 3.8) is 0 Å². The minimum atomic E-state index is -0.276. The number of anilines is 1. The molecule has 9 nitrogen and oxygen atoms in total. The molecule has 34 heavy (non-hydrogen) atoms. The number of imidazole rings is 1. The topological polar surface area (TPSA) is 96.1 Å². The van der Waals surface area contributed by atoms with Crippen LogP contribution in [-0.4, -0.2) is 50.0 Å². The zero-order valence-electron chi connectivity index (χ0n) is 18.6. The van der Waals surface area contributed by atoms with E-state index in [1.54, 1.807) is 12.3 Å². The van der Waals surface area contributed by atoms with Crippen molar-refractivity contribution < 1.29 is 14.3 Å². The van der Waals surface area contributed by atoms with Crippen LogP contribution in [0.15, 0.2) is 61.2 Å². The van der Waals surface area contributed by atoms with Gasteiger partial charge >= 0.3 is 0 Å². The first-order valence-electron chi connectivity index (χ1n) is 11.4. The number of pyridine rings is 1. The van der Waals surface area contributed by atoms with Crippen LogP contribution in [0.25, 0.3) is 22.6 Å². The van der Waals surface area contributed by atoms with E-state index in [1.165, 1.54) is 0 Å². The zero-order chi connectivity index (χ0) is 22.9. The first kappa shape index (κ1) is 20.6. The molecule has 0 unspecified atom stereocenters. The number of aromatic nitrogens is 5. The maximum absolute atomic E-state index is 13.3. The molecule has 6 rings (SSSR count). The van der Waals surface area contributed by atoms with Gasteiger partial charge in [-0.3, -0.25) is 9.48 Å². The van der Waals surface area contributed by atoms with Crippen molar-refractivity contribution in [2.45, 2.75) is 25.4 Å². The molecule has 1 fully saturated rings. The van der Waals surface area contributed by atoms with Gasteiger partial charge in [0, 0.05) is 30.7 Å². The summed E-state index contributed by atoms with van der Waals surface area (Å²) in [6.07, 6.45) is 9.30. The lowest BCUT2D eigenvalue weighted by Gasteiger charge is -2.25. The van der Waals surface area contributed by atoms with Gasteiger partial charge in [-0.15, -0.1) is 0 Å². The average Bonchev–Trinajstić information content (AvgIpc) is 3.48. The molecule has 1 N–H and O–H groups in total. The number of nitrogens with zero attached hydrogens (tertiary/aromatic N) is 5. The molecular weight excluding hydrogens is 432 g/mol. The van der Waals surface area contributed by atoms with Gasteiger partial charge in [-0.2, -0.15) is 5.10 Å². The number of carbonyl (C=O) groups is 1. The molecule has 9 heteroatoms. The zero-order valence-corrected chi connectivity index (χ0v) is 18.6. The molecule has 172 valence electrons. The number of ether oxygens (including phenoxy) is 2. The molecule has 1 amide bonds. The molecule has 5 heterocycles. The van der Waals surface area contributed by atoms with Crippen molar-refractivity contribution in [2.24, 2.45) is 0 Å². The quantitative estimate of drug-likeness (QED) is 0.493. The lowest BCUT2D eigenvalue weighted by Crippen LogP contribution is -2.30. The summed E-state index contributed by atoms with van der Waals surface area (Å²) in [5.74, 6) is 1.52. The van der Waals surface area contributed by atoms with Crippen molar-refractivity contribution in [3.05, 3.63) is 66.7 Å². The fourth-order valence-electron chi connectivity index (χ4n) is 4.18. The fraction of sp³-hybridized carbons (Fsp3) is 0.280. The van der Waals surface area contributed by atoms with Gasteiger partial charge in [0.25, 0.3) is 5.91 Å². The summed E-state index contributed by atoms with van der Waals surface area (Å²) < 4.78 is 15.3. The highest BCUT2D eigenvalue weighted by atomic mass is 16.5. The van der Waals surface area contributed by atoms with E-state index in [1.807, 2.05) is 53.6 Å². The monoisotopic (exact) mass is 456 g/mol. The Labute approximate surface area is 196 Å². The molecular formula is C25H24N6O3. The second-order valence-corrected chi connectivity index (χ2v) is 8.47. The number of rotatable bonds is 2. The van der Waals surface area contributed by atoms with Crippen LogP contribution in [0.4, 0.5) is 5.82 Å². The molecule has 2 bridgehead atoms. The Morgan fingerprint density at radius 1 is 1.09 bits per heavy atom. The third-order valence-corrected chi connectivity index (χ3v) is 6.14.